The van der Waals surface area contributed by atoms with E-state index in [0.29, 0.717) is 16.2 Å². The molecule has 23 heavy (non-hydrogen) atoms. The predicted octanol–water partition coefficient (Wildman–Crippen LogP) is 2.10. The van der Waals surface area contributed by atoms with Crippen molar-refractivity contribution in [2.75, 3.05) is 6.61 Å². The van der Waals surface area contributed by atoms with Crippen LogP contribution in [0, 0.1) is 0 Å². The van der Waals surface area contributed by atoms with Crippen molar-refractivity contribution in [3.05, 3.63) is 49.4 Å². The third kappa shape index (κ3) is 2.43. The number of nitrogens with one attached hydrogen (secondary N) is 1. The highest BCUT2D eigenvalue weighted by Crippen LogP contribution is 2.48. The maximum absolute atomic E-state index is 11.6. The molecule has 0 saturated heterocycles. The zero-order valence-corrected chi connectivity index (χ0v) is 14.9. The Morgan fingerprint density at radius 1 is 1.43 bits per heavy atom. The molecular weight excluding hydrogens is 400 g/mol. The van der Waals surface area contributed by atoms with Gasteiger partial charge in [0.25, 0.3) is 5.91 Å². The third-order valence-corrected chi connectivity index (χ3v) is 6.57. The van der Waals surface area contributed by atoms with E-state index in [1.54, 1.807) is 5.41 Å². The third-order valence-electron chi connectivity index (χ3n) is 3.73. The molecule has 9 heteroatoms. The first-order valence-electron chi connectivity index (χ1n) is 6.80. The van der Waals surface area contributed by atoms with Crippen molar-refractivity contribution in [2.45, 2.75) is 11.3 Å². The van der Waals surface area contributed by atoms with Crippen LogP contribution in [0.1, 0.15) is 16.1 Å². The molecule has 4 rings (SSSR count). The van der Waals surface area contributed by atoms with Crippen LogP contribution in [0.5, 0.6) is 5.75 Å². The van der Waals surface area contributed by atoms with Crippen molar-refractivity contribution in [3.8, 4) is 5.75 Å². The van der Waals surface area contributed by atoms with Crippen LogP contribution < -0.4 is 15.8 Å². The Labute approximate surface area is 148 Å². The summed E-state index contributed by atoms with van der Waals surface area (Å²) in [5, 5.41) is 14.0. The minimum atomic E-state index is -0.703. The summed E-state index contributed by atoms with van der Waals surface area (Å²) in [7, 11) is 0. The fourth-order valence-corrected chi connectivity index (χ4v) is 5.12. The molecule has 1 aromatic carbocycles. The van der Waals surface area contributed by atoms with Crippen molar-refractivity contribution in [1.82, 2.24) is 15.5 Å². The van der Waals surface area contributed by atoms with Crippen molar-refractivity contribution in [2.24, 2.45) is 5.73 Å². The lowest BCUT2D eigenvalue weighted by Gasteiger charge is -2.28. The van der Waals surface area contributed by atoms with Crippen molar-refractivity contribution in [1.29, 1.82) is 0 Å². The first-order chi connectivity index (χ1) is 11.1. The zero-order chi connectivity index (χ0) is 16.0. The van der Waals surface area contributed by atoms with E-state index in [0.717, 1.165) is 28.3 Å². The van der Waals surface area contributed by atoms with E-state index in [-0.39, 0.29) is 0 Å². The summed E-state index contributed by atoms with van der Waals surface area (Å²) < 4.78 is 6.26. The SMILES string of the molecule is NC(=O)C1=CSC(c2ccc3c(c2)CCO3)(c2nnc(Br)s2)N1. The van der Waals surface area contributed by atoms with Gasteiger partial charge in [-0.15, -0.1) is 10.2 Å². The monoisotopic (exact) mass is 410 g/mol. The van der Waals surface area contributed by atoms with Gasteiger partial charge in [-0.05, 0) is 39.2 Å². The topological polar surface area (TPSA) is 90.1 Å². The van der Waals surface area contributed by atoms with Gasteiger partial charge in [-0.1, -0.05) is 29.2 Å². The molecule has 118 valence electrons. The first-order valence-corrected chi connectivity index (χ1v) is 9.29. The van der Waals surface area contributed by atoms with Gasteiger partial charge in [0.1, 0.15) is 11.4 Å². The second-order valence-electron chi connectivity index (χ2n) is 5.10. The van der Waals surface area contributed by atoms with Gasteiger partial charge in [-0.2, -0.15) is 0 Å². The van der Waals surface area contributed by atoms with E-state index in [1.165, 1.54) is 23.1 Å². The summed E-state index contributed by atoms with van der Waals surface area (Å²) in [6.45, 7) is 0.696. The number of carbonyl (C=O) groups excluding carboxylic acids is 1. The highest BCUT2D eigenvalue weighted by molar-refractivity contribution is 9.11. The maximum atomic E-state index is 11.6. The molecule has 0 saturated carbocycles. The van der Waals surface area contributed by atoms with Gasteiger partial charge in [-0.3, -0.25) is 4.79 Å². The second kappa shape index (κ2) is 5.50. The standard InChI is InChI=1S/C14H11BrN4O2S2/c15-13-19-18-12(23-13)14(17-9(6-22-14)11(16)20)8-1-2-10-7(5-8)3-4-21-10/h1-2,5-6,17H,3-4H2,(H2,16,20). The molecule has 2 aromatic rings. The average molecular weight is 411 g/mol. The normalized spacial score (nSPS) is 22.2. The van der Waals surface area contributed by atoms with E-state index in [4.69, 9.17) is 10.5 Å². The lowest BCUT2D eigenvalue weighted by atomic mass is 10.0. The summed E-state index contributed by atoms with van der Waals surface area (Å²) >= 11 is 6.23. The van der Waals surface area contributed by atoms with Gasteiger partial charge in [0.15, 0.2) is 13.8 Å². The fraction of sp³-hybridized carbons (Fsp3) is 0.214. The lowest BCUT2D eigenvalue weighted by molar-refractivity contribution is -0.114. The summed E-state index contributed by atoms with van der Waals surface area (Å²) in [6, 6.07) is 6.03. The fourth-order valence-electron chi connectivity index (χ4n) is 2.64. The summed E-state index contributed by atoms with van der Waals surface area (Å²) in [5.74, 6) is 0.417. The minimum absolute atomic E-state index is 0.373. The van der Waals surface area contributed by atoms with Gasteiger partial charge in [0.2, 0.25) is 0 Å². The van der Waals surface area contributed by atoms with Crippen LogP contribution in [0.3, 0.4) is 0 Å². The zero-order valence-electron chi connectivity index (χ0n) is 11.7. The van der Waals surface area contributed by atoms with Crippen LogP contribution in [0.25, 0.3) is 0 Å². The molecule has 2 aliphatic rings. The van der Waals surface area contributed by atoms with E-state index in [9.17, 15) is 4.79 Å². The molecule has 2 aliphatic heterocycles. The number of nitrogens with zero attached hydrogens (tertiary/aromatic N) is 2. The van der Waals surface area contributed by atoms with Gasteiger partial charge in [0.05, 0.1) is 6.61 Å². The number of amides is 1. The predicted molar refractivity (Wildman–Crippen MR) is 92.0 cm³/mol. The van der Waals surface area contributed by atoms with Crippen molar-refractivity contribution < 1.29 is 9.53 Å². The molecule has 6 nitrogen and oxygen atoms in total. The number of hydrogen-bond donors (Lipinski definition) is 2. The van der Waals surface area contributed by atoms with Crippen LogP contribution in [0.2, 0.25) is 0 Å². The number of primary amides is 1. The molecule has 1 atom stereocenters. The summed E-state index contributed by atoms with van der Waals surface area (Å²) in [4.78, 5) is 10.9. The average Bonchev–Trinajstić information content (AvgIpc) is 3.25. The maximum Gasteiger partial charge on any atom is 0.265 e. The number of carbonyl (C=O) groups is 1. The van der Waals surface area contributed by atoms with Gasteiger partial charge < -0.3 is 15.8 Å². The van der Waals surface area contributed by atoms with Gasteiger partial charge >= 0.3 is 0 Å². The lowest BCUT2D eigenvalue weighted by Crippen LogP contribution is -2.39. The molecule has 0 spiro atoms. The molecule has 3 heterocycles. The largest absolute Gasteiger partial charge is 0.493 e. The number of nitrogens with two attached hydrogens (primary N) is 1. The van der Waals surface area contributed by atoms with Crippen LogP contribution in [0.15, 0.2) is 33.2 Å². The smallest absolute Gasteiger partial charge is 0.265 e. The number of fused-ring (bicyclic) bond motifs is 1. The second-order valence-corrected chi connectivity index (χ2v) is 8.44. The number of rotatable bonds is 3. The number of hydrogen-bond acceptors (Lipinski definition) is 7. The van der Waals surface area contributed by atoms with E-state index in [2.05, 4.69) is 37.5 Å². The Morgan fingerprint density at radius 2 is 2.30 bits per heavy atom. The molecule has 1 aromatic heterocycles. The van der Waals surface area contributed by atoms with Crippen molar-refractivity contribution in [3.63, 3.8) is 0 Å². The molecule has 1 unspecified atom stereocenters. The number of ether oxygens (including phenoxy) is 1. The highest BCUT2D eigenvalue weighted by Gasteiger charge is 2.43. The number of thioether (sulfide) groups is 1. The summed E-state index contributed by atoms with van der Waals surface area (Å²) in [6.07, 6.45) is 0.875. The van der Waals surface area contributed by atoms with Crippen LogP contribution >= 0.6 is 39.0 Å². The molecule has 0 aliphatic carbocycles. The molecule has 0 bridgehead atoms. The quantitative estimate of drug-likeness (QED) is 0.804. The Kier molecular flexibility index (Phi) is 3.58. The Bertz CT molecular complexity index is 838. The number of benzene rings is 1. The van der Waals surface area contributed by atoms with Crippen molar-refractivity contribution >= 4 is 44.9 Å². The molecule has 3 N–H and O–H groups in total. The van der Waals surface area contributed by atoms with E-state index < -0.39 is 10.8 Å². The molecular formula is C14H11BrN4O2S2. The Morgan fingerprint density at radius 3 is 3.00 bits per heavy atom. The number of halogens is 1. The molecule has 0 fully saturated rings. The van der Waals surface area contributed by atoms with E-state index >= 15 is 0 Å². The first kappa shape index (κ1) is 15.0. The van der Waals surface area contributed by atoms with Crippen LogP contribution in [-0.2, 0) is 16.1 Å². The van der Waals surface area contributed by atoms with Gasteiger partial charge in [-0.25, -0.2) is 0 Å². The Balaban J connectivity index is 1.82. The number of aromatic nitrogens is 2. The van der Waals surface area contributed by atoms with E-state index in [1.807, 2.05) is 12.1 Å². The van der Waals surface area contributed by atoms with Crippen LogP contribution in [-0.4, -0.2) is 22.7 Å². The highest BCUT2D eigenvalue weighted by atomic mass is 79.9. The molecule has 1 amide bonds. The van der Waals surface area contributed by atoms with Gasteiger partial charge in [0, 0.05) is 11.8 Å². The molecule has 0 radical (unpaired) electrons. The minimum Gasteiger partial charge on any atom is -0.493 e. The van der Waals surface area contributed by atoms with Crippen LogP contribution in [0.4, 0.5) is 0 Å². The summed E-state index contributed by atoms with van der Waals surface area (Å²) in [5.41, 5.74) is 7.94. The Hall–Kier alpha value is -1.58.